The molecule has 1 aromatic heterocycles. The molecule has 2 aliphatic rings. The zero-order valence-corrected chi connectivity index (χ0v) is 13.2. The Hall–Kier alpha value is -1.00. The molecule has 2 unspecified atom stereocenters. The van der Waals surface area contributed by atoms with Crippen molar-refractivity contribution in [2.75, 3.05) is 6.54 Å². The smallest absolute Gasteiger partial charge is 0.268 e. The number of carbonyl (C=O) groups excluding carboxylic acids is 1. The minimum absolute atomic E-state index is 0.138. The summed E-state index contributed by atoms with van der Waals surface area (Å²) in [4.78, 5) is 12.4. The lowest BCUT2D eigenvalue weighted by Gasteiger charge is -2.35. The van der Waals surface area contributed by atoms with Crippen molar-refractivity contribution in [1.29, 1.82) is 0 Å². The Morgan fingerprint density at radius 1 is 1.52 bits per heavy atom. The van der Waals surface area contributed by atoms with Gasteiger partial charge in [0, 0.05) is 18.8 Å². The van der Waals surface area contributed by atoms with E-state index in [9.17, 15) is 9.90 Å². The first kappa shape index (κ1) is 14.9. The number of aliphatic hydroxyl groups is 1. The van der Waals surface area contributed by atoms with E-state index in [1.54, 1.807) is 6.07 Å². The van der Waals surface area contributed by atoms with Crippen molar-refractivity contribution < 1.29 is 9.90 Å². The maximum absolute atomic E-state index is 12.4. The van der Waals surface area contributed by atoms with E-state index in [1.807, 2.05) is 10.8 Å². The highest BCUT2D eigenvalue weighted by Crippen LogP contribution is 2.37. The second-order valence-electron chi connectivity index (χ2n) is 6.79. The summed E-state index contributed by atoms with van der Waals surface area (Å²) in [7, 11) is 0. The van der Waals surface area contributed by atoms with Gasteiger partial charge < -0.3 is 15.0 Å². The van der Waals surface area contributed by atoms with Crippen molar-refractivity contribution in [3.63, 3.8) is 0 Å². The third-order valence-corrected chi connectivity index (χ3v) is 4.84. The molecule has 1 amide bonds. The predicted octanol–water partition coefficient (Wildman–Crippen LogP) is 3.15. The topological polar surface area (TPSA) is 54.3 Å². The van der Waals surface area contributed by atoms with Crippen LogP contribution in [-0.4, -0.2) is 27.7 Å². The van der Waals surface area contributed by atoms with Crippen LogP contribution < -0.4 is 5.32 Å². The highest BCUT2D eigenvalue weighted by Gasteiger charge is 2.34. The van der Waals surface area contributed by atoms with Crippen LogP contribution in [0.1, 0.15) is 62.0 Å². The minimum atomic E-state index is -0.756. The Morgan fingerprint density at radius 2 is 2.29 bits per heavy atom. The molecule has 0 aliphatic heterocycles. The van der Waals surface area contributed by atoms with E-state index in [0.29, 0.717) is 29.2 Å². The lowest BCUT2D eigenvalue weighted by atomic mass is 9.79. The summed E-state index contributed by atoms with van der Waals surface area (Å²) >= 11 is 6.03. The quantitative estimate of drug-likeness (QED) is 0.897. The first-order chi connectivity index (χ1) is 9.97. The average molecular weight is 311 g/mol. The first-order valence-corrected chi connectivity index (χ1v) is 8.23. The van der Waals surface area contributed by atoms with Crippen LogP contribution in [0.15, 0.2) is 12.3 Å². The van der Waals surface area contributed by atoms with Crippen molar-refractivity contribution in [3.05, 3.63) is 23.0 Å². The Labute approximate surface area is 130 Å². The Morgan fingerprint density at radius 3 is 2.95 bits per heavy atom. The van der Waals surface area contributed by atoms with E-state index in [-0.39, 0.29) is 5.91 Å². The van der Waals surface area contributed by atoms with Gasteiger partial charge in [0.2, 0.25) is 0 Å². The molecule has 2 atom stereocenters. The van der Waals surface area contributed by atoms with Gasteiger partial charge in [-0.1, -0.05) is 31.4 Å². The fourth-order valence-corrected chi connectivity index (χ4v) is 3.62. The zero-order valence-electron chi connectivity index (χ0n) is 12.4. The predicted molar refractivity (Wildman–Crippen MR) is 82.6 cm³/mol. The fraction of sp³-hybridized carbons (Fsp3) is 0.688. The van der Waals surface area contributed by atoms with Crippen molar-refractivity contribution >= 4 is 17.5 Å². The summed E-state index contributed by atoms with van der Waals surface area (Å²) in [5, 5.41) is 14.1. The summed E-state index contributed by atoms with van der Waals surface area (Å²) in [6.45, 7) is 2.48. The standard InChI is InChI=1S/C16H23ClN2O2/c1-11-3-2-6-16(21,8-11)10-18-15(20)14-7-12(17)9-19(14)13-4-5-13/h7,9,11,13,21H,2-6,8,10H2,1H3,(H,18,20). The molecule has 3 rings (SSSR count). The number of amides is 1. The number of halogens is 1. The van der Waals surface area contributed by atoms with Gasteiger partial charge in [-0.05, 0) is 37.7 Å². The van der Waals surface area contributed by atoms with Gasteiger partial charge in [0.1, 0.15) is 5.69 Å². The molecule has 1 heterocycles. The summed E-state index contributed by atoms with van der Waals surface area (Å²) in [6.07, 6.45) is 7.75. The molecule has 0 bridgehead atoms. The Balaban J connectivity index is 1.64. The van der Waals surface area contributed by atoms with Gasteiger partial charge in [0.25, 0.3) is 5.91 Å². The minimum Gasteiger partial charge on any atom is -0.388 e. The Bertz CT molecular complexity index is 538. The largest absolute Gasteiger partial charge is 0.388 e. The van der Waals surface area contributed by atoms with Gasteiger partial charge in [-0.3, -0.25) is 4.79 Å². The Kier molecular flexibility index (Phi) is 4.02. The zero-order chi connectivity index (χ0) is 15.0. The molecule has 0 spiro atoms. The lowest BCUT2D eigenvalue weighted by molar-refractivity contribution is -0.0110. The van der Waals surface area contributed by atoms with Crippen molar-refractivity contribution in [2.24, 2.45) is 5.92 Å². The maximum atomic E-state index is 12.4. The fourth-order valence-electron chi connectivity index (χ4n) is 3.41. The number of aromatic nitrogens is 1. The molecule has 0 radical (unpaired) electrons. The first-order valence-electron chi connectivity index (χ1n) is 7.85. The van der Waals surface area contributed by atoms with Crippen LogP contribution in [-0.2, 0) is 0 Å². The summed E-state index contributed by atoms with van der Waals surface area (Å²) in [5.74, 6) is 0.380. The van der Waals surface area contributed by atoms with E-state index in [4.69, 9.17) is 11.6 Å². The lowest BCUT2D eigenvalue weighted by Crippen LogP contribution is -2.46. The number of carbonyl (C=O) groups is 1. The van der Waals surface area contributed by atoms with E-state index in [1.165, 1.54) is 0 Å². The third kappa shape index (κ3) is 3.43. The third-order valence-electron chi connectivity index (χ3n) is 4.63. The van der Waals surface area contributed by atoms with Gasteiger partial charge in [-0.25, -0.2) is 0 Å². The summed E-state index contributed by atoms with van der Waals surface area (Å²) < 4.78 is 1.96. The number of nitrogens with zero attached hydrogens (tertiary/aromatic N) is 1. The van der Waals surface area contributed by atoms with E-state index in [0.717, 1.165) is 38.5 Å². The van der Waals surface area contributed by atoms with Crippen LogP contribution in [0, 0.1) is 5.92 Å². The van der Waals surface area contributed by atoms with Crippen LogP contribution in [0.4, 0.5) is 0 Å². The second kappa shape index (κ2) is 5.65. The van der Waals surface area contributed by atoms with Crippen LogP contribution >= 0.6 is 11.6 Å². The van der Waals surface area contributed by atoms with Gasteiger partial charge in [-0.15, -0.1) is 0 Å². The van der Waals surface area contributed by atoms with Crippen LogP contribution in [0.2, 0.25) is 5.02 Å². The molecule has 116 valence electrons. The van der Waals surface area contributed by atoms with Crippen LogP contribution in [0.5, 0.6) is 0 Å². The highest BCUT2D eigenvalue weighted by molar-refractivity contribution is 6.31. The van der Waals surface area contributed by atoms with Crippen molar-refractivity contribution in [2.45, 2.75) is 57.1 Å². The molecule has 2 saturated carbocycles. The normalized spacial score (nSPS) is 29.4. The van der Waals surface area contributed by atoms with Crippen molar-refractivity contribution in [3.8, 4) is 0 Å². The molecule has 1 aromatic rings. The monoisotopic (exact) mass is 310 g/mol. The number of rotatable bonds is 4. The SMILES string of the molecule is CC1CCCC(O)(CNC(=O)c2cc(Cl)cn2C2CC2)C1. The highest BCUT2D eigenvalue weighted by atomic mass is 35.5. The summed E-state index contributed by atoms with van der Waals surface area (Å²) in [6, 6.07) is 2.12. The molecule has 21 heavy (non-hydrogen) atoms. The molecule has 0 saturated heterocycles. The van der Waals surface area contributed by atoms with Gasteiger partial charge >= 0.3 is 0 Å². The van der Waals surface area contributed by atoms with E-state index >= 15 is 0 Å². The molecular weight excluding hydrogens is 288 g/mol. The summed E-state index contributed by atoms with van der Waals surface area (Å²) in [5.41, 5.74) is -0.149. The van der Waals surface area contributed by atoms with Gasteiger partial charge in [0.15, 0.2) is 0 Å². The molecular formula is C16H23ClN2O2. The molecule has 2 N–H and O–H groups in total. The molecule has 5 heteroatoms. The number of hydrogen-bond acceptors (Lipinski definition) is 2. The average Bonchev–Trinajstić information content (AvgIpc) is 3.19. The van der Waals surface area contributed by atoms with Gasteiger partial charge in [-0.2, -0.15) is 0 Å². The molecule has 2 fully saturated rings. The van der Waals surface area contributed by atoms with Crippen LogP contribution in [0.3, 0.4) is 0 Å². The van der Waals surface area contributed by atoms with E-state index in [2.05, 4.69) is 12.2 Å². The number of nitrogens with one attached hydrogen (secondary N) is 1. The van der Waals surface area contributed by atoms with Gasteiger partial charge in [0.05, 0.1) is 10.6 Å². The second-order valence-corrected chi connectivity index (χ2v) is 7.23. The van der Waals surface area contributed by atoms with Crippen molar-refractivity contribution in [1.82, 2.24) is 9.88 Å². The maximum Gasteiger partial charge on any atom is 0.268 e. The number of hydrogen-bond donors (Lipinski definition) is 2. The molecule has 0 aromatic carbocycles. The molecule has 4 nitrogen and oxygen atoms in total. The van der Waals surface area contributed by atoms with Crippen LogP contribution in [0.25, 0.3) is 0 Å². The molecule has 2 aliphatic carbocycles. The van der Waals surface area contributed by atoms with E-state index < -0.39 is 5.60 Å².